The minimum atomic E-state index is 0.631. The molecule has 0 fully saturated rings. The van der Waals surface area contributed by atoms with Crippen molar-refractivity contribution in [1.29, 1.82) is 0 Å². The highest BCUT2D eigenvalue weighted by Crippen LogP contribution is 2.16. The Morgan fingerprint density at radius 2 is 2.29 bits per heavy atom. The van der Waals surface area contributed by atoms with Crippen molar-refractivity contribution in [3.8, 4) is 5.19 Å². The van der Waals surface area contributed by atoms with Crippen LogP contribution in [0.3, 0.4) is 0 Å². The van der Waals surface area contributed by atoms with E-state index < -0.39 is 0 Å². The number of ether oxygens (including phenoxy) is 2. The van der Waals surface area contributed by atoms with E-state index in [1.165, 1.54) is 11.3 Å². The molecule has 1 aromatic rings. The highest BCUT2D eigenvalue weighted by molar-refractivity contribution is 7.13. The van der Waals surface area contributed by atoms with Gasteiger partial charge in [-0.25, -0.2) is 0 Å². The van der Waals surface area contributed by atoms with Crippen molar-refractivity contribution < 1.29 is 9.47 Å². The summed E-state index contributed by atoms with van der Waals surface area (Å²) in [5.74, 6) is 0. The Hall–Kier alpha value is -0.720. The van der Waals surface area contributed by atoms with E-state index >= 15 is 0 Å². The third-order valence-electron chi connectivity index (χ3n) is 1.48. The summed E-state index contributed by atoms with van der Waals surface area (Å²) in [6.45, 7) is 4.80. The normalized spacial score (nSPS) is 10.4. The summed E-state index contributed by atoms with van der Waals surface area (Å²) in [6, 6.07) is 0. The molecule has 0 aliphatic rings. The molecule has 5 nitrogen and oxygen atoms in total. The highest BCUT2D eigenvalue weighted by atomic mass is 32.1. The zero-order chi connectivity index (χ0) is 10.2. The molecule has 0 saturated heterocycles. The smallest absolute Gasteiger partial charge is 0.294 e. The van der Waals surface area contributed by atoms with Gasteiger partial charge in [0.1, 0.15) is 5.01 Å². The molecule has 0 atom stereocenters. The summed E-state index contributed by atoms with van der Waals surface area (Å²) in [4.78, 5) is 0. The lowest BCUT2D eigenvalue weighted by Crippen LogP contribution is -2.18. The second-order valence-electron chi connectivity index (χ2n) is 2.56. The van der Waals surface area contributed by atoms with Crippen LogP contribution in [0.2, 0.25) is 0 Å². The predicted molar refractivity (Wildman–Crippen MR) is 54.7 cm³/mol. The first-order chi connectivity index (χ1) is 6.86. The fourth-order valence-corrected chi connectivity index (χ4v) is 1.58. The van der Waals surface area contributed by atoms with Crippen LogP contribution >= 0.6 is 11.3 Å². The van der Waals surface area contributed by atoms with E-state index in [0.717, 1.165) is 11.6 Å². The molecule has 1 N–H and O–H groups in total. The predicted octanol–water partition coefficient (Wildman–Crippen LogP) is 0.673. The molecule has 1 heterocycles. The van der Waals surface area contributed by atoms with Crippen molar-refractivity contribution in [2.24, 2.45) is 0 Å². The van der Waals surface area contributed by atoms with Crippen molar-refractivity contribution in [2.45, 2.75) is 13.5 Å². The van der Waals surface area contributed by atoms with Crippen LogP contribution in [-0.4, -0.2) is 37.1 Å². The third kappa shape index (κ3) is 3.99. The summed E-state index contributed by atoms with van der Waals surface area (Å²) in [5, 5.41) is 12.6. The van der Waals surface area contributed by atoms with E-state index in [9.17, 15) is 0 Å². The highest BCUT2D eigenvalue weighted by Gasteiger charge is 2.03. The number of rotatable bonds is 7. The number of nitrogens with one attached hydrogen (secondary N) is 1. The van der Waals surface area contributed by atoms with Gasteiger partial charge in [0.2, 0.25) is 0 Å². The van der Waals surface area contributed by atoms with Crippen molar-refractivity contribution in [3.63, 3.8) is 0 Å². The molecule has 0 radical (unpaired) electrons. The number of hydrogen-bond donors (Lipinski definition) is 1. The molecular formula is C8H15N3O2S. The van der Waals surface area contributed by atoms with Crippen molar-refractivity contribution >= 4 is 11.3 Å². The van der Waals surface area contributed by atoms with E-state index in [4.69, 9.17) is 9.47 Å². The average molecular weight is 217 g/mol. The fourth-order valence-electron chi connectivity index (χ4n) is 0.861. The lowest BCUT2D eigenvalue weighted by molar-refractivity contribution is 0.199. The molecule has 80 valence electrons. The number of methoxy groups -OCH3 is 1. The quantitative estimate of drug-likeness (QED) is 0.680. The SMILES string of the molecule is CCOc1nnc(CNCCOC)s1. The molecule has 0 aliphatic carbocycles. The second kappa shape index (κ2) is 6.69. The zero-order valence-corrected chi connectivity index (χ0v) is 9.26. The van der Waals surface area contributed by atoms with Gasteiger partial charge >= 0.3 is 0 Å². The van der Waals surface area contributed by atoms with Gasteiger partial charge in [-0.15, -0.1) is 10.2 Å². The molecule has 0 spiro atoms. The Kier molecular flexibility index (Phi) is 5.43. The Labute approximate surface area is 87.4 Å². The Morgan fingerprint density at radius 1 is 1.43 bits per heavy atom. The molecule has 14 heavy (non-hydrogen) atoms. The molecule has 0 bridgehead atoms. The second-order valence-corrected chi connectivity index (χ2v) is 3.59. The van der Waals surface area contributed by atoms with Crippen LogP contribution in [0.25, 0.3) is 0 Å². The number of nitrogens with zero attached hydrogens (tertiary/aromatic N) is 2. The molecule has 1 rings (SSSR count). The van der Waals surface area contributed by atoms with E-state index in [1.54, 1.807) is 7.11 Å². The first-order valence-electron chi connectivity index (χ1n) is 4.51. The van der Waals surface area contributed by atoms with Crippen molar-refractivity contribution in [1.82, 2.24) is 15.5 Å². The third-order valence-corrected chi connectivity index (χ3v) is 2.31. The van der Waals surface area contributed by atoms with Crippen molar-refractivity contribution in [2.75, 3.05) is 26.9 Å². The van der Waals surface area contributed by atoms with Crippen LogP contribution in [0.1, 0.15) is 11.9 Å². The first kappa shape index (κ1) is 11.4. The van der Waals surface area contributed by atoms with Gasteiger partial charge in [-0.1, -0.05) is 11.3 Å². The van der Waals surface area contributed by atoms with Crippen LogP contribution < -0.4 is 10.1 Å². The van der Waals surface area contributed by atoms with Gasteiger partial charge in [-0.3, -0.25) is 0 Å². The standard InChI is InChI=1S/C8H15N3O2S/c1-3-13-8-11-10-7(14-8)6-9-4-5-12-2/h9H,3-6H2,1-2H3. The zero-order valence-electron chi connectivity index (χ0n) is 8.45. The first-order valence-corrected chi connectivity index (χ1v) is 5.33. The van der Waals surface area contributed by atoms with Gasteiger partial charge in [0.25, 0.3) is 5.19 Å². The molecule has 0 aromatic carbocycles. The molecule has 0 amide bonds. The topological polar surface area (TPSA) is 56.3 Å². The maximum Gasteiger partial charge on any atom is 0.294 e. The maximum absolute atomic E-state index is 5.21. The van der Waals surface area contributed by atoms with Crippen LogP contribution in [0.4, 0.5) is 0 Å². The molecular weight excluding hydrogens is 202 g/mol. The van der Waals surface area contributed by atoms with Gasteiger partial charge in [0.15, 0.2) is 0 Å². The summed E-state index contributed by atoms with van der Waals surface area (Å²) in [7, 11) is 1.68. The average Bonchev–Trinajstić information content (AvgIpc) is 2.61. The Balaban J connectivity index is 2.22. The van der Waals surface area contributed by atoms with Gasteiger partial charge in [0.05, 0.1) is 13.2 Å². The van der Waals surface area contributed by atoms with E-state index in [2.05, 4.69) is 15.5 Å². The van der Waals surface area contributed by atoms with Gasteiger partial charge in [0, 0.05) is 20.2 Å². The van der Waals surface area contributed by atoms with Gasteiger partial charge < -0.3 is 14.8 Å². The Morgan fingerprint density at radius 3 is 3.00 bits per heavy atom. The largest absolute Gasteiger partial charge is 0.469 e. The van der Waals surface area contributed by atoms with Crippen LogP contribution in [0.15, 0.2) is 0 Å². The van der Waals surface area contributed by atoms with E-state index in [0.29, 0.717) is 25.0 Å². The number of aromatic nitrogens is 2. The maximum atomic E-state index is 5.21. The van der Waals surface area contributed by atoms with Gasteiger partial charge in [-0.2, -0.15) is 0 Å². The molecule has 1 aromatic heterocycles. The summed E-state index contributed by atoms with van der Waals surface area (Å²) in [5.41, 5.74) is 0. The van der Waals surface area contributed by atoms with Crippen LogP contribution in [0, 0.1) is 0 Å². The van der Waals surface area contributed by atoms with Crippen LogP contribution in [0.5, 0.6) is 5.19 Å². The summed E-state index contributed by atoms with van der Waals surface area (Å²) in [6.07, 6.45) is 0. The lowest BCUT2D eigenvalue weighted by Gasteiger charge is -1.99. The Bertz CT molecular complexity index is 254. The molecule has 6 heteroatoms. The lowest BCUT2D eigenvalue weighted by atomic mass is 10.6. The van der Waals surface area contributed by atoms with Crippen LogP contribution in [-0.2, 0) is 11.3 Å². The minimum absolute atomic E-state index is 0.631. The molecule has 0 unspecified atom stereocenters. The van der Waals surface area contributed by atoms with E-state index in [-0.39, 0.29) is 0 Å². The monoisotopic (exact) mass is 217 g/mol. The summed E-state index contributed by atoms with van der Waals surface area (Å²) < 4.78 is 10.1. The van der Waals surface area contributed by atoms with E-state index in [1.807, 2.05) is 6.92 Å². The minimum Gasteiger partial charge on any atom is -0.469 e. The van der Waals surface area contributed by atoms with Gasteiger partial charge in [-0.05, 0) is 6.92 Å². The summed E-state index contributed by atoms with van der Waals surface area (Å²) >= 11 is 1.47. The molecule has 0 aliphatic heterocycles. The fraction of sp³-hybridized carbons (Fsp3) is 0.750. The molecule has 0 saturated carbocycles. The van der Waals surface area contributed by atoms with Crippen molar-refractivity contribution in [3.05, 3.63) is 5.01 Å². The number of hydrogen-bond acceptors (Lipinski definition) is 6.